The molecule has 10 heteroatoms. The summed E-state index contributed by atoms with van der Waals surface area (Å²) in [6.07, 6.45) is 1.63. The molecule has 34 heavy (non-hydrogen) atoms. The Hall–Kier alpha value is -4.34. The number of aromatic carboxylic acids is 1. The van der Waals surface area contributed by atoms with E-state index in [1.807, 2.05) is 20.8 Å². The number of H-pyrrole nitrogens is 1. The first-order chi connectivity index (χ1) is 15.9. The van der Waals surface area contributed by atoms with E-state index >= 15 is 0 Å². The van der Waals surface area contributed by atoms with Crippen molar-refractivity contribution in [2.24, 2.45) is 0 Å². The van der Waals surface area contributed by atoms with E-state index in [-0.39, 0.29) is 16.9 Å². The highest BCUT2D eigenvalue weighted by Crippen LogP contribution is 2.36. The van der Waals surface area contributed by atoms with Gasteiger partial charge in [-0.1, -0.05) is 32.0 Å². The number of nitrogens with zero attached hydrogens (tertiary/aromatic N) is 1. The van der Waals surface area contributed by atoms with Crippen molar-refractivity contribution in [3.05, 3.63) is 58.1 Å². The Bertz CT molecular complexity index is 1360. The number of fused-ring (bicyclic) bond motifs is 1. The fourth-order valence-corrected chi connectivity index (χ4v) is 3.77. The Kier molecular flexibility index (Phi) is 5.52. The smallest absolute Gasteiger partial charge is 0.337 e. The summed E-state index contributed by atoms with van der Waals surface area (Å²) in [4.78, 5) is 39.5. The van der Waals surface area contributed by atoms with Crippen molar-refractivity contribution in [2.75, 3.05) is 16.0 Å². The number of carbonyl (C=O) groups excluding carboxylic acids is 2. The first-order valence-electron chi connectivity index (χ1n) is 10.6. The Morgan fingerprint density at radius 3 is 2.50 bits per heavy atom. The first kappa shape index (κ1) is 22.8. The highest BCUT2D eigenvalue weighted by atomic mass is 16.5. The third-order valence-corrected chi connectivity index (χ3v) is 5.53. The topological polar surface area (TPSA) is 149 Å². The van der Waals surface area contributed by atoms with Crippen LogP contribution in [0.3, 0.4) is 0 Å². The molecule has 0 radical (unpaired) electrons. The summed E-state index contributed by atoms with van der Waals surface area (Å²) in [7, 11) is 0. The molecule has 1 aliphatic heterocycles. The zero-order valence-corrected chi connectivity index (χ0v) is 19.4. The van der Waals surface area contributed by atoms with Crippen LogP contribution in [0.2, 0.25) is 0 Å². The number of anilines is 3. The van der Waals surface area contributed by atoms with Gasteiger partial charge in [0.15, 0.2) is 5.82 Å². The van der Waals surface area contributed by atoms with Crippen molar-refractivity contribution in [2.45, 2.75) is 40.0 Å². The lowest BCUT2D eigenvalue weighted by Gasteiger charge is -2.12. The predicted molar refractivity (Wildman–Crippen MR) is 128 cm³/mol. The van der Waals surface area contributed by atoms with Crippen LogP contribution in [0, 0.1) is 13.8 Å². The molecule has 4 rings (SSSR count). The molecule has 3 aromatic rings. The van der Waals surface area contributed by atoms with Crippen molar-refractivity contribution in [1.29, 1.82) is 0 Å². The molecule has 0 saturated heterocycles. The molecule has 10 nitrogen and oxygen atoms in total. The summed E-state index contributed by atoms with van der Waals surface area (Å²) < 4.78 is 5.26. The van der Waals surface area contributed by atoms with E-state index < -0.39 is 12.0 Å². The van der Waals surface area contributed by atoms with Crippen molar-refractivity contribution in [3.8, 4) is 0 Å². The number of urea groups is 1. The van der Waals surface area contributed by atoms with Gasteiger partial charge in [0.05, 0.1) is 16.8 Å². The SMILES string of the molecule is Cc1[nH]c(C=C2C(=O)Nc3cc(NC(=O)Nc4cc(C(C)(C)C)on4)ccc32)c(C)c1C(=O)O. The molecule has 0 spiro atoms. The second-order valence-electron chi connectivity index (χ2n) is 9.15. The van der Waals surface area contributed by atoms with Gasteiger partial charge in [-0.25, -0.2) is 9.59 Å². The van der Waals surface area contributed by atoms with Gasteiger partial charge in [0.25, 0.3) is 5.91 Å². The first-order valence-corrected chi connectivity index (χ1v) is 10.6. The Balaban J connectivity index is 1.53. The largest absolute Gasteiger partial charge is 0.478 e. The number of rotatable bonds is 4. The third-order valence-electron chi connectivity index (χ3n) is 5.53. The zero-order chi connectivity index (χ0) is 24.8. The van der Waals surface area contributed by atoms with Gasteiger partial charge < -0.3 is 25.2 Å². The fourth-order valence-electron chi connectivity index (χ4n) is 3.77. The van der Waals surface area contributed by atoms with Crippen molar-refractivity contribution in [3.63, 3.8) is 0 Å². The molecule has 3 amide bonds. The minimum atomic E-state index is -1.03. The van der Waals surface area contributed by atoms with Gasteiger partial charge in [0.1, 0.15) is 5.76 Å². The molecular weight excluding hydrogens is 438 g/mol. The minimum absolute atomic E-state index is 0.192. The molecule has 1 aromatic carbocycles. The number of aryl methyl sites for hydroxylation is 1. The number of nitrogens with one attached hydrogen (secondary N) is 4. The highest BCUT2D eigenvalue weighted by Gasteiger charge is 2.26. The number of carboxylic acid groups (broad SMARTS) is 1. The number of benzene rings is 1. The lowest BCUT2D eigenvalue weighted by Crippen LogP contribution is -2.19. The third kappa shape index (κ3) is 4.29. The van der Waals surface area contributed by atoms with Crippen LogP contribution in [0.1, 0.15) is 59.4 Å². The van der Waals surface area contributed by atoms with Crippen molar-refractivity contribution in [1.82, 2.24) is 10.1 Å². The van der Waals surface area contributed by atoms with E-state index in [0.29, 0.717) is 51.0 Å². The summed E-state index contributed by atoms with van der Waals surface area (Å²) in [5.41, 5.74) is 3.62. The summed E-state index contributed by atoms with van der Waals surface area (Å²) >= 11 is 0. The second kappa shape index (κ2) is 8.22. The quantitative estimate of drug-likeness (QED) is 0.352. The molecule has 0 atom stereocenters. The van der Waals surface area contributed by atoms with Gasteiger partial charge in [0.2, 0.25) is 0 Å². The number of hydrogen-bond donors (Lipinski definition) is 5. The number of aromatic nitrogens is 2. The van der Waals surface area contributed by atoms with E-state index in [1.165, 1.54) is 0 Å². The van der Waals surface area contributed by atoms with E-state index in [2.05, 4.69) is 26.1 Å². The molecule has 1 aliphatic rings. The van der Waals surface area contributed by atoms with Gasteiger partial charge in [-0.3, -0.25) is 10.1 Å². The van der Waals surface area contributed by atoms with Gasteiger partial charge >= 0.3 is 12.0 Å². The summed E-state index contributed by atoms with van der Waals surface area (Å²) in [6.45, 7) is 9.29. The van der Waals surface area contributed by atoms with Gasteiger partial charge in [-0.05, 0) is 37.6 Å². The second-order valence-corrected chi connectivity index (χ2v) is 9.15. The summed E-state index contributed by atoms with van der Waals surface area (Å²) in [6, 6.07) is 6.19. The van der Waals surface area contributed by atoms with Crippen LogP contribution in [-0.4, -0.2) is 33.2 Å². The number of hydrogen-bond acceptors (Lipinski definition) is 5. The molecule has 0 fully saturated rings. The maximum absolute atomic E-state index is 12.6. The van der Waals surface area contributed by atoms with Crippen LogP contribution in [0.5, 0.6) is 0 Å². The average Bonchev–Trinajstić information content (AvgIpc) is 3.38. The van der Waals surface area contributed by atoms with E-state index in [1.54, 1.807) is 44.2 Å². The van der Waals surface area contributed by atoms with Crippen molar-refractivity contribution < 1.29 is 24.0 Å². The van der Waals surface area contributed by atoms with Crippen LogP contribution in [0.4, 0.5) is 22.0 Å². The van der Waals surface area contributed by atoms with Crippen LogP contribution >= 0.6 is 0 Å². The fraction of sp³-hybridized carbons (Fsp3) is 0.250. The lowest BCUT2D eigenvalue weighted by molar-refractivity contribution is -0.110. The standard InChI is InChI=1S/C24H25N5O5/c1-11-16(25-12(2)20(11)22(31)32)9-15-14-7-6-13(8-17(14)27-21(15)30)26-23(33)28-19-10-18(34-29-19)24(3,4)5/h6-10,25H,1-5H3,(H,27,30)(H,31,32)(H2,26,28,29,33). The molecule has 0 unspecified atom stereocenters. The molecule has 0 saturated carbocycles. The normalized spacial score (nSPS) is 14.1. The summed E-state index contributed by atoms with van der Waals surface area (Å²) in [5.74, 6) is -0.413. The van der Waals surface area contributed by atoms with E-state index in [0.717, 1.165) is 0 Å². The van der Waals surface area contributed by atoms with Gasteiger partial charge in [-0.2, -0.15) is 0 Å². The molecular formula is C24H25N5O5. The Morgan fingerprint density at radius 2 is 1.88 bits per heavy atom. The van der Waals surface area contributed by atoms with Crippen LogP contribution in [0.15, 0.2) is 28.8 Å². The van der Waals surface area contributed by atoms with Gasteiger partial charge in [0, 0.05) is 34.1 Å². The molecule has 3 heterocycles. The predicted octanol–water partition coefficient (Wildman–Crippen LogP) is 4.75. The Morgan fingerprint density at radius 1 is 1.15 bits per heavy atom. The van der Waals surface area contributed by atoms with Crippen molar-refractivity contribution >= 4 is 46.7 Å². The lowest BCUT2D eigenvalue weighted by atomic mass is 9.93. The maximum Gasteiger partial charge on any atom is 0.337 e. The number of aromatic amines is 1. The number of carbonyl (C=O) groups is 3. The van der Waals surface area contributed by atoms with E-state index in [9.17, 15) is 19.5 Å². The van der Waals surface area contributed by atoms with E-state index in [4.69, 9.17) is 4.52 Å². The molecule has 176 valence electrons. The number of amides is 3. The molecule has 5 N–H and O–H groups in total. The molecule has 0 bridgehead atoms. The highest BCUT2D eigenvalue weighted by molar-refractivity contribution is 6.35. The minimum Gasteiger partial charge on any atom is -0.478 e. The van der Waals surface area contributed by atoms with Crippen LogP contribution in [-0.2, 0) is 10.2 Å². The van der Waals surface area contributed by atoms with Crippen LogP contribution in [0.25, 0.3) is 11.6 Å². The van der Waals surface area contributed by atoms with Crippen LogP contribution < -0.4 is 16.0 Å². The molecule has 0 aliphatic carbocycles. The Labute approximate surface area is 195 Å². The monoisotopic (exact) mass is 463 g/mol. The zero-order valence-electron chi connectivity index (χ0n) is 19.4. The maximum atomic E-state index is 12.6. The summed E-state index contributed by atoms with van der Waals surface area (Å²) in [5, 5.41) is 21.4. The average molecular weight is 463 g/mol. The van der Waals surface area contributed by atoms with Gasteiger partial charge in [-0.15, -0.1) is 0 Å². The number of carboxylic acids is 1. The molecule has 2 aromatic heterocycles.